The summed E-state index contributed by atoms with van der Waals surface area (Å²) < 4.78 is 6.05. The van der Waals surface area contributed by atoms with Crippen LogP contribution in [-0.2, 0) is 16.0 Å². The van der Waals surface area contributed by atoms with Gasteiger partial charge in [-0.3, -0.25) is 9.59 Å². The fourth-order valence-corrected chi connectivity index (χ4v) is 5.76. The Labute approximate surface area is 187 Å². The number of carbonyl (C=O) groups excluding carboxylic acids is 2. The van der Waals surface area contributed by atoms with E-state index in [2.05, 4.69) is 17.0 Å². The van der Waals surface area contributed by atoms with Crippen LogP contribution in [0, 0.1) is 11.3 Å². The molecule has 170 valence electrons. The summed E-state index contributed by atoms with van der Waals surface area (Å²) in [4.78, 5) is 30.4. The highest BCUT2D eigenvalue weighted by Gasteiger charge is 2.43. The van der Waals surface area contributed by atoms with Gasteiger partial charge in [0.1, 0.15) is 12.4 Å². The van der Waals surface area contributed by atoms with Crippen molar-refractivity contribution in [2.75, 3.05) is 33.3 Å². The number of carbonyl (C=O) groups is 2. The molecule has 2 heterocycles. The molecule has 0 atom stereocenters. The molecule has 0 aromatic heterocycles. The lowest BCUT2D eigenvalue weighted by atomic mass is 9.73. The van der Waals surface area contributed by atoms with Crippen LogP contribution in [0.5, 0.6) is 5.75 Å². The van der Waals surface area contributed by atoms with Crippen molar-refractivity contribution in [2.24, 2.45) is 11.3 Å². The molecule has 0 bridgehead atoms. The third kappa shape index (κ3) is 5.07. The highest BCUT2D eigenvalue weighted by Crippen LogP contribution is 2.40. The Kier molecular flexibility index (Phi) is 7.19. The number of benzene rings is 1. The van der Waals surface area contributed by atoms with Crippen molar-refractivity contribution in [1.29, 1.82) is 0 Å². The smallest absolute Gasteiger partial charge is 0.228 e. The quantitative estimate of drug-likeness (QED) is 0.667. The second-order valence-electron chi connectivity index (χ2n) is 9.83. The number of aryl methyl sites for hydroxylation is 1. The molecular weight excluding hydrogens is 388 g/mol. The Balaban J connectivity index is 1.42. The van der Waals surface area contributed by atoms with E-state index < -0.39 is 0 Å². The van der Waals surface area contributed by atoms with Gasteiger partial charge in [-0.25, -0.2) is 0 Å². The van der Waals surface area contributed by atoms with Crippen LogP contribution in [0.1, 0.15) is 69.8 Å². The first-order chi connectivity index (χ1) is 15.1. The van der Waals surface area contributed by atoms with Crippen molar-refractivity contribution in [1.82, 2.24) is 9.80 Å². The van der Waals surface area contributed by atoms with Gasteiger partial charge in [-0.2, -0.15) is 0 Å². The van der Waals surface area contributed by atoms with Crippen molar-refractivity contribution in [3.05, 3.63) is 29.8 Å². The molecule has 0 unspecified atom stereocenters. The lowest BCUT2D eigenvalue weighted by Gasteiger charge is -2.43. The summed E-state index contributed by atoms with van der Waals surface area (Å²) in [5.74, 6) is 1.77. The van der Waals surface area contributed by atoms with E-state index in [4.69, 9.17) is 4.74 Å². The molecule has 1 aromatic rings. The van der Waals surface area contributed by atoms with E-state index >= 15 is 0 Å². The molecule has 2 aliphatic heterocycles. The van der Waals surface area contributed by atoms with Crippen LogP contribution in [0.4, 0.5) is 0 Å². The van der Waals surface area contributed by atoms with Gasteiger partial charge < -0.3 is 14.5 Å². The molecule has 1 spiro atoms. The molecule has 1 aliphatic carbocycles. The van der Waals surface area contributed by atoms with E-state index in [1.165, 1.54) is 18.4 Å². The summed E-state index contributed by atoms with van der Waals surface area (Å²) >= 11 is 0. The third-order valence-electron chi connectivity index (χ3n) is 7.80. The molecular formula is C26H38N2O3. The number of rotatable bonds is 1. The van der Waals surface area contributed by atoms with Crippen LogP contribution < -0.4 is 4.74 Å². The molecule has 0 radical (unpaired) electrons. The Morgan fingerprint density at radius 3 is 2.48 bits per heavy atom. The maximum atomic E-state index is 13.6. The van der Waals surface area contributed by atoms with Crippen LogP contribution >= 0.6 is 0 Å². The van der Waals surface area contributed by atoms with Crippen LogP contribution in [0.2, 0.25) is 0 Å². The molecule has 1 aromatic carbocycles. The van der Waals surface area contributed by atoms with Crippen LogP contribution in [0.15, 0.2) is 24.3 Å². The van der Waals surface area contributed by atoms with Gasteiger partial charge in [-0.05, 0) is 56.6 Å². The van der Waals surface area contributed by atoms with E-state index in [1.54, 1.807) is 0 Å². The maximum Gasteiger partial charge on any atom is 0.228 e. The first-order valence-electron chi connectivity index (χ1n) is 12.3. The predicted octanol–water partition coefficient (Wildman–Crippen LogP) is 4.44. The number of fused-ring (bicyclic) bond motifs is 1. The van der Waals surface area contributed by atoms with Gasteiger partial charge in [0, 0.05) is 26.1 Å². The molecule has 31 heavy (non-hydrogen) atoms. The number of para-hydroxylation sites is 1. The molecule has 0 N–H and O–H groups in total. The zero-order valence-electron chi connectivity index (χ0n) is 19.1. The second kappa shape index (κ2) is 10.1. The van der Waals surface area contributed by atoms with E-state index in [0.717, 1.165) is 76.6 Å². The maximum absolute atomic E-state index is 13.6. The van der Waals surface area contributed by atoms with Crippen LogP contribution in [-0.4, -0.2) is 54.9 Å². The number of likely N-dealkylation sites (N-methyl/N-ethyl adjacent to an activating group) is 1. The number of hydrogen-bond acceptors (Lipinski definition) is 3. The first kappa shape index (κ1) is 22.2. The fraction of sp³-hybridized carbons (Fsp3) is 0.692. The Morgan fingerprint density at radius 2 is 1.71 bits per heavy atom. The summed E-state index contributed by atoms with van der Waals surface area (Å²) in [6.07, 6.45) is 11.3. The van der Waals surface area contributed by atoms with Gasteiger partial charge in [0.05, 0.1) is 12.0 Å². The van der Waals surface area contributed by atoms with Gasteiger partial charge >= 0.3 is 0 Å². The molecule has 3 aliphatic rings. The fourth-order valence-electron chi connectivity index (χ4n) is 5.76. The number of nitrogens with zero attached hydrogens (tertiary/aromatic N) is 2. The Hall–Kier alpha value is -2.04. The van der Waals surface area contributed by atoms with E-state index in [9.17, 15) is 9.59 Å². The average molecular weight is 427 g/mol. The lowest BCUT2D eigenvalue weighted by molar-refractivity contribution is -0.149. The normalized spacial score (nSPS) is 23.5. The summed E-state index contributed by atoms with van der Waals surface area (Å²) in [5, 5.41) is 0. The average Bonchev–Trinajstić information content (AvgIpc) is 3.34. The Morgan fingerprint density at radius 1 is 0.968 bits per heavy atom. The van der Waals surface area contributed by atoms with Crippen molar-refractivity contribution < 1.29 is 14.3 Å². The largest absolute Gasteiger partial charge is 0.491 e. The van der Waals surface area contributed by atoms with Crippen molar-refractivity contribution >= 4 is 11.8 Å². The van der Waals surface area contributed by atoms with Gasteiger partial charge in [-0.1, -0.05) is 43.9 Å². The van der Waals surface area contributed by atoms with E-state index in [0.29, 0.717) is 19.1 Å². The standard InChI is InChI=1S/C26H38N2O3/c1-27-19-20-31-23-13-7-6-10-21(23)9-3-2-8-14-26(25(27)30)15-17-28(18-16-26)24(29)22-11-4-5-12-22/h6-7,10,13,22H,2-5,8-9,11-12,14-20H2,1H3. The minimum Gasteiger partial charge on any atom is -0.491 e. The third-order valence-corrected chi connectivity index (χ3v) is 7.80. The van der Waals surface area contributed by atoms with Crippen LogP contribution in [0.3, 0.4) is 0 Å². The second-order valence-corrected chi connectivity index (χ2v) is 9.83. The van der Waals surface area contributed by atoms with Gasteiger partial charge in [0.15, 0.2) is 0 Å². The van der Waals surface area contributed by atoms with Gasteiger partial charge in [-0.15, -0.1) is 0 Å². The number of ether oxygens (including phenoxy) is 1. The lowest BCUT2D eigenvalue weighted by Crippen LogP contribution is -2.52. The molecule has 2 amide bonds. The van der Waals surface area contributed by atoms with Crippen LogP contribution in [0.25, 0.3) is 0 Å². The van der Waals surface area contributed by atoms with Crippen molar-refractivity contribution in [2.45, 2.75) is 70.6 Å². The SMILES string of the molecule is CN1CCOc2ccccc2CCCCCC2(CCN(C(=O)C3CCCC3)CC2)C1=O. The summed E-state index contributed by atoms with van der Waals surface area (Å²) in [7, 11) is 1.91. The highest BCUT2D eigenvalue weighted by atomic mass is 16.5. The number of hydrogen-bond donors (Lipinski definition) is 0. The summed E-state index contributed by atoms with van der Waals surface area (Å²) in [5.41, 5.74) is 0.950. The molecule has 1 saturated heterocycles. The zero-order valence-corrected chi connectivity index (χ0v) is 19.1. The molecule has 4 rings (SSSR count). The number of piperidine rings is 1. The van der Waals surface area contributed by atoms with E-state index in [-0.39, 0.29) is 17.2 Å². The minimum atomic E-state index is -0.317. The van der Waals surface area contributed by atoms with Gasteiger partial charge in [0.2, 0.25) is 11.8 Å². The topological polar surface area (TPSA) is 49.9 Å². The zero-order chi connectivity index (χ0) is 21.7. The first-order valence-corrected chi connectivity index (χ1v) is 12.3. The molecule has 1 saturated carbocycles. The number of likely N-dealkylation sites (tertiary alicyclic amines) is 1. The van der Waals surface area contributed by atoms with Crippen molar-refractivity contribution in [3.8, 4) is 5.75 Å². The predicted molar refractivity (Wildman–Crippen MR) is 122 cm³/mol. The molecule has 2 fully saturated rings. The number of amides is 2. The monoisotopic (exact) mass is 426 g/mol. The minimum absolute atomic E-state index is 0.228. The Bertz CT molecular complexity index is 764. The van der Waals surface area contributed by atoms with E-state index in [1.807, 2.05) is 24.1 Å². The van der Waals surface area contributed by atoms with Gasteiger partial charge in [0.25, 0.3) is 0 Å². The van der Waals surface area contributed by atoms with Crippen molar-refractivity contribution in [3.63, 3.8) is 0 Å². The molecule has 5 heteroatoms. The summed E-state index contributed by atoms with van der Waals surface area (Å²) in [6.45, 7) is 2.58. The molecule has 5 nitrogen and oxygen atoms in total. The summed E-state index contributed by atoms with van der Waals surface area (Å²) in [6, 6.07) is 8.28. The highest BCUT2D eigenvalue weighted by molar-refractivity contribution is 5.84.